The van der Waals surface area contributed by atoms with Crippen LogP contribution >= 0.6 is 11.3 Å². The molecule has 0 bridgehead atoms. The molecule has 118 valence electrons. The highest BCUT2D eigenvalue weighted by Crippen LogP contribution is 2.19. The van der Waals surface area contributed by atoms with Gasteiger partial charge in [0.25, 0.3) is 0 Å². The number of aromatic nitrogens is 1. The van der Waals surface area contributed by atoms with Crippen LogP contribution in [0.25, 0.3) is 0 Å². The average molecular weight is 320 g/mol. The Hall–Kier alpha value is -1.92. The molecule has 0 radical (unpaired) electrons. The van der Waals surface area contributed by atoms with Crippen molar-refractivity contribution in [2.24, 2.45) is 4.99 Å². The third-order valence-corrected chi connectivity index (χ3v) is 4.45. The van der Waals surface area contributed by atoms with Crippen LogP contribution in [0.5, 0.6) is 5.75 Å². The van der Waals surface area contributed by atoms with Gasteiger partial charge in [0, 0.05) is 19.2 Å². The van der Waals surface area contributed by atoms with Crippen molar-refractivity contribution in [2.75, 3.05) is 13.2 Å². The second kappa shape index (κ2) is 7.38. The first-order chi connectivity index (χ1) is 10.6. The Morgan fingerprint density at radius 3 is 2.59 bits per heavy atom. The van der Waals surface area contributed by atoms with Crippen LogP contribution in [0.3, 0.4) is 0 Å². The molecule has 0 aliphatic carbocycles. The predicted octanol–water partition coefficient (Wildman–Crippen LogP) is 2.68. The third kappa shape index (κ3) is 3.64. The summed E-state index contributed by atoms with van der Waals surface area (Å²) >= 11 is 1.35. The summed E-state index contributed by atoms with van der Waals surface area (Å²) in [6.07, 6.45) is 0. The summed E-state index contributed by atoms with van der Waals surface area (Å²) in [6.45, 7) is 6.41. The van der Waals surface area contributed by atoms with Crippen LogP contribution < -0.4 is 9.54 Å². The molecule has 0 spiro atoms. The van der Waals surface area contributed by atoms with Crippen molar-refractivity contribution in [2.45, 2.75) is 27.3 Å². The molecule has 0 aliphatic rings. The molecule has 0 saturated carbocycles. The van der Waals surface area contributed by atoms with E-state index in [1.165, 1.54) is 11.3 Å². The fourth-order valence-corrected chi connectivity index (χ4v) is 3.23. The number of aliphatic hydroxyl groups is 1. The van der Waals surface area contributed by atoms with Crippen molar-refractivity contribution in [3.8, 4) is 5.75 Å². The van der Waals surface area contributed by atoms with E-state index in [0.717, 1.165) is 17.1 Å². The number of hydrogen-bond donors (Lipinski definition) is 1. The van der Waals surface area contributed by atoms with E-state index in [9.17, 15) is 9.90 Å². The number of ketones is 1. The molecule has 2 rings (SSSR count). The van der Waals surface area contributed by atoms with Crippen LogP contribution in [0.4, 0.5) is 5.69 Å². The van der Waals surface area contributed by atoms with Crippen molar-refractivity contribution >= 4 is 22.8 Å². The van der Waals surface area contributed by atoms with E-state index in [4.69, 9.17) is 4.74 Å². The lowest BCUT2D eigenvalue weighted by Gasteiger charge is -2.04. The number of aliphatic hydroxyl groups excluding tert-OH is 1. The molecule has 6 heteroatoms. The van der Waals surface area contributed by atoms with Gasteiger partial charge < -0.3 is 14.4 Å². The highest BCUT2D eigenvalue weighted by Gasteiger charge is 2.13. The van der Waals surface area contributed by atoms with E-state index in [0.29, 0.717) is 22.8 Å². The smallest absolute Gasteiger partial charge is 0.190 e. The quantitative estimate of drug-likeness (QED) is 0.832. The first kappa shape index (κ1) is 16.5. The summed E-state index contributed by atoms with van der Waals surface area (Å²) in [5, 5.41) is 9.22. The van der Waals surface area contributed by atoms with Gasteiger partial charge in [-0.3, -0.25) is 4.79 Å². The second-order valence-electron chi connectivity index (χ2n) is 4.77. The lowest BCUT2D eigenvalue weighted by atomic mass is 10.3. The van der Waals surface area contributed by atoms with Crippen LogP contribution in [0.2, 0.25) is 0 Å². The minimum atomic E-state index is 0.00534. The molecule has 1 aromatic heterocycles. The zero-order chi connectivity index (χ0) is 16.1. The molecular weight excluding hydrogens is 300 g/mol. The van der Waals surface area contributed by atoms with Crippen LogP contribution in [0.15, 0.2) is 29.3 Å². The molecule has 0 unspecified atom stereocenters. The number of nitrogens with zero attached hydrogens (tertiary/aromatic N) is 2. The fourth-order valence-electron chi connectivity index (χ4n) is 2.15. The average Bonchev–Trinajstić information content (AvgIpc) is 2.79. The van der Waals surface area contributed by atoms with Gasteiger partial charge in [0.15, 0.2) is 10.6 Å². The molecule has 0 atom stereocenters. The number of Topliss-reactive ketones (excluding diaryl/α,β-unsaturated/α-hetero) is 1. The van der Waals surface area contributed by atoms with Crippen LogP contribution in [0.1, 0.15) is 29.2 Å². The van der Waals surface area contributed by atoms with Gasteiger partial charge in [-0.05, 0) is 38.1 Å². The van der Waals surface area contributed by atoms with Gasteiger partial charge in [-0.25, -0.2) is 4.99 Å². The number of hydrogen-bond acceptors (Lipinski definition) is 5. The molecule has 1 heterocycles. The zero-order valence-electron chi connectivity index (χ0n) is 13.0. The maximum Gasteiger partial charge on any atom is 0.190 e. The molecule has 0 fully saturated rings. The summed E-state index contributed by atoms with van der Waals surface area (Å²) in [4.78, 5) is 17.7. The standard InChI is InChI=1S/C16H20N2O3S/c1-4-21-14-7-5-13(6-8-14)17-16-18(9-10-19)11(2)15(22-16)12(3)20/h5-8,19H,4,9-10H2,1-3H3. The van der Waals surface area contributed by atoms with Crippen molar-refractivity contribution < 1.29 is 14.6 Å². The van der Waals surface area contributed by atoms with Gasteiger partial charge in [-0.1, -0.05) is 11.3 Å². The predicted molar refractivity (Wildman–Crippen MR) is 87.0 cm³/mol. The van der Waals surface area contributed by atoms with Gasteiger partial charge in [0.2, 0.25) is 0 Å². The monoisotopic (exact) mass is 320 g/mol. The highest BCUT2D eigenvalue weighted by molar-refractivity contribution is 7.11. The lowest BCUT2D eigenvalue weighted by Crippen LogP contribution is -2.18. The molecule has 0 amide bonds. The van der Waals surface area contributed by atoms with E-state index >= 15 is 0 Å². The van der Waals surface area contributed by atoms with Gasteiger partial charge in [-0.2, -0.15) is 0 Å². The SMILES string of the molecule is CCOc1ccc(N=c2sc(C(C)=O)c(C)n2CCO)cc1. The zero-order valence-corrected chi connectivity index (χ0v) is 13.8. The summed E-state index contributed by atoms with van der Waals surface area (Å²) in [6, 6.07) is 7.48. The van der Waals surface area contributed by atoms with E-state index in [1.54, 1.807) is 6.92 Å². The Labute approximate surface area is 133 Å². The molecule has 2 aromatic rings. The Kier molecular flexibility index (Phi) is 5.51. The molecule has 1 aromatic carbocycles. The maximum absolute atomic E-state index is 11.7. The summed E-state index contributed by atoms with van der Waals surface area (Å²) < 4.78 is 7.28. The summed E-state index contributed by atoms with van der Waals surface area (Å²) in [5.74, 6) is 0.818. The van der Waals surface area contributed by atoms with Gasteiger partial charge in [0.1, 0.15) is 5.75 Å². The minimum absolute atomic E-state index is 0.00534. The molecule has 5 nitrogen and oxygen atoms in total. The van der Waals surface area contributed by atoms with Crippen molar-refractivity contribution in [1.29, 1.82) is 0 Å². The number of carbonyl (C=O) groups excluding carboxylic acids is 1. The van der Waals surface area contributed by atoms with E-state index in [-0.39, 0.29) is 12.4 Å². The number of thiazole rings is 1. The lowest BCUT2D eigenvalue weighted by molar-refractivity contribution is 0.102. The first-order valence-electron chi connectivity index (χ1n) is 7.16. The number of rotatable bonds is 6. The third-order valence-electron chi connectivity index (χ3n) is 3.17. The van der Waals surface area contributed by atoms with Gasteiger partial charge >= 0.3 is 0 Å². The molecule has 22 heavy (non-hydrogen) atoms. The Bertz CT molecular complexity index is 714. The van der Waals surface area contributed by atoms with E-state index < -0.39 is 0 Å². The normalized spacial score (nSPS) is 11.7. The Balaban J connectivity index is 2.45. The van der Waals surface area contributed by atoms with Crippen molar-refractivity contribution in [3.05, 3.63) is 39.6 Å². The second-order valence-corrected chi connectivity index (χ2v) is 5.75. The largest absolute Gasteiger partial charge is 0.494 e. The highest BCUT2D eigenvalue weighted by atomic mass is 32.1. The van der Waals surface area contributed by atoms with Gasteiger partial charge in [-0.15, -0.1) is 0 Å². The summed E-state index contributed by atoms with van der Waals surface area (Å²) in [7, 11) is 0. The Morgan fingerprint density at radius 1 is 1.36 bits per heavy atom. The topological polar surface area (TPSA) is 63.8 Å². The molecular formula is C16H20N2O3S. The number of benzene rings is 1. The van der Waals surface area contributed by atoms with Crippen molar-refractivity contribution in [1.82, 2.24) is 4.57 Å². The number of carbonyl (C=O) groups is 1. The first-order valence-corrected chi connectivity index (χ1v) is 7.98. The Morgan fingerprint density at radius 2 is 2.05 bits per heavy atom. The van der Waals surface area contributed by atoms with Crippen LogP contribution in [0, 0.1) is 6.92 Å². The fraction of sp³-hybridized carbons (Fsp3) is 0.375. The summed E-state index contributed by atoms with van der Waals surface area (Å²) in [5.41, 5.74) is 1.63. The van der Waals surface area contributed by atoms with Gasteiger partial charge in [0.05, 0.1) is 23.8 Å². The number of ether oxygens (including phenoxy) is 1. The van der Waals surface area contributed by atoms with E-state index in [2.05, 4.69) is 4.99 Å². The minimum Gasteiger partial charge on any atom is -0.494 e. The molecule has 0 saturated heterocycles. The van der Waals surface area contributed by atoms with Crippen molar-refractivity contribution in [3.63, 3.8) is 0 Å². The van der Waals surface area contributed by atoms with Crippen LogP contribution in [-0.4, -0.2) is 28.7 Å². The maximum atomic E-state index is 11.7. The van der Waals surface area contributed by atoms with Crippen LogP contribution in [-0.2, 0) is 6.54 Å². The van der Waals surface area contributed by atoms with E-state index in [1.807, 2.05) is 42.7 Å². The molecule has 1 N–H and O–H groups in total. The molecule has 0 aliphatic heterocycles.